The number of hydrogen-bond donors (Lipinski definition) is 1. The van der Waals surface area contributed by atoms with Crippen LogP contribution in [0.4, 0.5) is 20.2 Å². The summed E-state index contributed by atoms with van der Waals surface area (Å²) >= 11 is 3.19. The Morgan fingerprint density at radius 2 is 2.00 bits per heavy atom. The number of halogens is 3. The van der Waals surface area contributed by atoms with Gasteiger partial charge in [-0.15, -0.1) is 0 Å². The lowest BCUT2D eigenvalue weighted by molar-refractivity contribution is -0.384. The monoisotopic (exact) mass is 473 g/mol. The van der Waals surface area contributed by atoms with Gasteiger partial charge in [0.1, 0.15) is 0 Å². The van der Waals surface area contributed by atoms with Crippen molar-refractivity contribution in [3.63, 3.8) is 0 Å². The second-order valence-electron chi connectivity index (χ2n) is 6.01. The summed E-state index contributed by atoms with van der Waals surface area (Å²) in [7, 11) is 3.05. The molecule has 156 valence electrons. The van der Waals surface area contributed by atoms with E-state index >= 15 is 0 Å². The number of carbonyl (C=O) groups excluding carboxylic acids is 1. The Morgan fingerprint density at radius 3 is 2.59 bits per heavy atom. The second kappa shape index (κ2) is 10.1. The summed E-state index contributed by atoms with van der Waals surface area (Å²) < 4.78 is 34.6. The number of anilines is 1. The standard InChI is InChI=1S/C18H18BrF2N3O5/c1-23(9-11-3-6-15(29-18(20)21)16(7-11)28-2)10-17(25)22-14-5-4-12(24(26)27)8-13(14)19/h3-8,18H,9-10H2,1-2H3,(H,22,25). The maximum Gasteiger partial charge on any atom is 0.387 e. The predicted octanol–water partition coefficient (Wildman–Crippen LogP) is 4.04. The van der Waals surface area contributed by atoms with E-state index in [2.05, 4.69) is 26.0 Å². The molecule has 0 unspecified atom stereocenters. The molecular formula is C18H18BrF2N3O5. The van der Waals surface area contributed by atoms with E-state index in [1.54, 1.807) is 24.1 Å². The third kappa shape index (κ3) is 6.64. The fourth-order valence-corrected chi connectivity index (χ4v) is 2.99. The van der Waals surface area contributed by atoms with Crippen LogP contribution in [-0.2, 0) is 11.3 Å². The highest BCUT2D eigenvalue weighted by Gasteiger charge is 2.15. The maximum atomic E-state index is 12.4. The molecule has 1 amide bonds. The van der Waals surface area contributed by atoms with Crippen LogP contribution in [0.2, 0.25) is 0 Å². The van der Waals surface area contributed by atoms with Gasteiger partial charge in [-0.05, 0) is 46.7 Å². The van der Waals surface area contributed by atoms with Crippen LogP contribution in [-0.4, -0.2) is 43.0 Å². The number of ether oxygens (including phenoxy) is 2. The first-order chi connectivity index (χ1) is 13.7. The zero-order valence-electron chi connectivity index (χ0n) is 15.5. The first kappa shape index (κ1) is 22.5. The van der Waals surface area contributed by atoms with Crippen LogP contribution in [0, 0.1) is 10.1 Å². The average Bonchev–Trinajstić information content (AvgIpc) is 2.63. The molecule has 0 saturated heterocycles. The highest BCUT2D eigenvalue weighted by atomic mass is 79.9. The average molecular weight is 474 g/mol. The van der Waals surface area contributed by atoms with Crippen LogP contribution >= 0.6 is 15.9 Å². The summed E-state index contributed by atoms with van der Waals surface area (Å²) in [6, 6.07) is 8.56. The van der Waals surface area contributed by atoms with E-state index in [0.717, 1.165) is 5.56 Å². The summed E-state index contributed by atoms with van der Waals surface area (Å²) in [5.41, 5.74) is 1.04. The number of amides is 1. The van der Waals surface area contributed by atoms with Crippen molar-refractivity contribution >= 4 is 33.2 Å². The minimum atomic E-state index is -2.96. The van der Waals surface area contributed by atoms with Crippen LogP contribution in [0.25, 0.3) is 0 Å². The Kier molecular flexibility index (Phi) is 7.85. The number of likely N-dealkylation sites (N-methyl/N-ethyl adjacent to an activating group) is 1. The number of nitrogens with one attached hydrogen (secondary N) is 1. The summed E-state index contributed by atoms with van der Waals surface area (Å²) in [6.45, 7) is -2.58. The van der Waals surface area contributed by atoms with E-state index in [0.29, 0.717) is 16.7 Å². The van der Waals surface area contributed by atoms with Crippen molar-refractivity contribution in [1.29, 1.82) is 0 Å². The van der Waals surface area contributed by atoms with Crippen LogP contribution in [0.1, 0.15) is 5.56 Å². The first-order valence-corrected chi connectivity index (χ1v) is 9.03. The van der Waals surface area contributed by atoms with E-state index in [1.165, 1.54) is 31.4 Å². The lowest BCUT2D eigenvalue weighted by atomic mass is 10.2. The zero-order chi connectivity index (χ0) is 21.6. The van der Waals surface area contributed by atoms with Gasteiger partial charge in [-0.25, -0.2) is 0 Å². The summed E-state index contributed by atoms with van der Waals surface area (Å²) in [6.07, 6.45) is 0. The number of methoxy groups -OCH3 is 1. The van der Waals surface area contributed by atoms with Gasteiger partial charge in [0.05, 0.1) is 24.3 Å². The summed E-state index contributed by atoms with van der Waals surface area (Å²) in [5, 5.41) is 13.4. The molecule has 0 saturated carbocycles. The van der Waals surface area contributed by atoms with Crippen LogP contribution in [0.3, 0.4) is 0 Å². The zero-order valence-corrected chi connectivity index (χ0v) is 17.1. The van der Waals surface area contributed by atoms with Gasteiger partial charge >= 0.3 is 6.61 Å². The number of alkyl halides is 2. The van der Waals surface area contributed by atoms with Crippen LogP contribution < -0.4 is 14.8 Å². The molecule has 0 aliphatic heterocycles. The van der Waals surface area contributed by atoms with Gasteiger partial charge in [0, 0.05) is 23.2 Å². The predicted molar refractivity (Wildman–Crippen MR) is 105 cm³/mol. The van der Waals surface area contributed by atoms with E-state index in [9.17, 15) is 23.7 Å². The summed E-state index contributed by atoms with van der Waals surface area (Å²) in [5.74, 6) is -0.239. The number of non-ortho nitro benzene ring substituents is 1. The maximum absolute atomic E-state index is 12.4. The van der Waals surface area contributed by atoms with Crippen molar-refractivity contribution in [1.82, 2.24) is 4.90 Å². The lowest BCUT2D eigenvalue weighted by Gasteiger charge is -2.18. The third-order valence-corrected chi connectivity index (χ3v) is 4.40. The molecular weight excluding hydrogens is 456 g/mol. The molecule has 0 spiro atoms. The van der Waals surface area contributed by atoms with E-state index in [-0.39, 0.29) is 29.6 Å². The van der Waals surface area contributed by atoms with Gasteiger partial charge < -0.3 is 14.8 Å². The number of nitro benzene ring substituents is 1. The molecule has 0 heterocycles. The molecule has 0 aliphatic carbocycles. The van der Waals surface area contributed by atoms with Crippen molar-refractivity contribution < 1.29 is 28.0 Å². The van der Waals surface area contributed by atoms with Gasteiger partial charge in [-0.3, -0.25) is 19.8 Å². The Labute approximate surface area is 173 Å². The van der Waals surface area contributed by atoms with E-state index < -0.39 is 11.5 Å². The molecule has 0 fully saturated rings. The lowest BCUT2D eigenvalue weighted by Crippen LogP contribution is -2.30. The third-order valence-electron chi connectivity index (χ3n) is 3.75. The Bertz CT molecular complexity index is 898. The molecule has 0 bridgehead atoms. The fraction of sp³-hybridized carbons (Fsp3) is 0.278. The minimum absolute atomic E-state index is 0.0288. The quantitative estimate of drug-likeness (QED) is 0.436. The van der Waals surface area contributed by atoms with Crippen molar-refractivity contribution in [2.45, 2.75) is 13.2 Å². The molecule has 0 radical (unpaired) electrons. The molecule has 11 heteroatoms. The van der Waals surface area contributed by atoms with E-state index in [4.69, 9.17) is 4.74 Å². The Hall–Kier alpha value is -2.79. The van der Waals surface area contributed by atoms with Crippen molar-refractivity contribution in [2.24, 2.45) is 0 Å². The molecule has 1 N–H and O–H groups in total. The van der Waals surface area contributed by atoms with Crippen LogP contribution in [0.5, 0.6) is 11.5 Å². The number of hydrogen-bond acceptors (Lipinski definition) is 6. The highest BCUT2D eigenvalue weighted by molar-refractivity contribution is 9.10. The SMILES string of the molecule is COc1cc(CN(C)CC(=O)Nc2ccc([N+](=O)[O-])cc2Br)ccc1OC(F)F. The number of benzene rings is 2. The number of rotatable bonds is 9. The number of nitro groups is 1. The minimum Gasteiger partial charge on any atom is -0.493 e. The highest BCUT2D eigenvalue weighted by Crippen LogP contribution is 2.30. The first-order valence-electron chi connectivity index (χ1n) is 8.23. The smallest absolute Gasteiger partial charge is 0.387 e. The van der Waals surface area contributed by atoms with Gasteiger partial charge in [0.2, 0.25) is 5.91 Å². The number of carbonyl (C=O) groups is 1. The van der Waals surface area contributed by atoms with Gasteiger partial charge in [-0.1, -0.05) is 6.07 Å². The molecule has 8 nitrogen and oxygen atoms in total. The topological polar surface area (TPSA) is 93.9 Å². The molecule has 2 aromatic rings. The van der Waals surface area contributed by atoms with Gasteiger partial charge in [0.25, 0.3) is 5.69 Å². The second-order valence-corrected chi connectivity index (χ2v) is 6.86. The number of nitrogens with zero attached hydrogens (tertiary/aromatic N) is 2. The molecule has 29 heavy (non-hydrogen) atoms. The van der Waals surface area contributed by atoms with Crippen molar-refractivity contribution in [3.8, 4) is 11.5 Å². The van der Waals surface area contributed by atoms with E-state index in [1.807, 2.05) is 0 Å². The summed E-state index contributed by atoms with van der Waals surface area (Å²) in [4.78, 5) is 24.2. The molecule has 0 aliphatic rings. The Balaban J connectivity index is 1.97. The van der Waals surface area contributed by atoms with Crippen LogP contribution in [0.15, 0.2) is 40.9 Å². The Morgan fingerprint density at radius 1 is 1.28 bits per heavy atom. The van der Waals surface area contributed by atoms with Gasteiger partial charge in [0.15, 0.2) is 11.5 Å². The fourth-order valence-electron chi connectivity index (χ4n) is 2.53. The normalized spacial score (nSPS) is 10.9. The molecule has 2 rings (SSSR count). The van der Waals surface area contributed by atoms with Gasteiger partial charge in [-0.2, -0.15) is 8.78 Å². The molecule has 0 atom stereocenters. The molecule has 2 aromatic carbocycles. The molecule has 0 aromatic heterocycles. The van der Waals surface area contributed by atoms with Crippen molar-refractivity contribution in [2.75, 3.05) is 26.0 Å². The largest absolute Gasteiger partial charge is 0.493 e. The van der Waals surface area contributed by atoms with Crippen molar-refractivity contribution in [3.05, 3.63) is 56.5 Å².